The lowest BCUT2D eigenvalue weighted by Gasteiger charge is -2.34. The van der Waals surface area contributed by atoms with E-state index in [4.69, 9.17) is 0 Å². The standard InChI is InChI=1S/C17H23N3O/c1-2-10-20(13-6-5-9-18-11-13)17(21)15-12-19-16-8-4-3-7-14(15)16/h3-4,7-8,12-13,18-19H,2,5-6,9-11H2,1H3. The highest BCUT2D eigenvalue weighted by Gasteiger charge is 2.26. The lowest BCUT2D eigenvalue weighted by Crippen LogP contribution is -2.49. The highest BCUT2D eigenvalue weighted by molar-refractivity contribution is 6.06. The van der Waals surface area contributed by atoms with E-state index in [0.717, 1.165) is 55.4 Å². The third-order valence-corrected chi connectivity index (χ3v) is 4.26. The monoisotopic (exact) mass is 285 g/mol. The van der Waals surface area contributed by atoms with Crippen molar-refractivity contribution in [2.45, 2.75) is 32.2 Å². The highest BCUT2D eigenvalue weighted by atomic mass is 16.2. The number of nitrogens with zero attached hydrogens (tertiary/aromatic N) is 1. The Balaban J connectivity index is 1.89. The number of piperidine rings is 1. The van der Waals surface area contributed by atoms with Gasteiger partial charge in [-0.3, -0.25) is 4.79 Å². The average Bonchev–Trinajstić information content (AvgIpc) is 2.97. The summed E-state index contributed by atoms with van der Waals surface area (Å²) in [6, 6.07) is 8.32. The molecule has 21 heavy (non-hydrogen) atoms. The number of fused-ring (bicyclic) bond motifs is 1. The van der Waals surface area contributed by atoms with Crippen molar-refractivity contribution in [3.8, 4) is 0 Å². The first-order chi connectivity index (χ1) is 10.3. The quantitative estimate of drug-likeness (QED) is 0.907. The minimum atomic E-state index is 0.156. The molecule has 112 valence electrons. The van der Waals surface area contributed by atoms with E-state index in [-0.39, 0.29) is 5.91 Å². The Morgan fingerprint density at radius 3 is 3.00 bits per heavy atom. The summed E-state index contributed by atoms with van der Waals surface area (Å²) in [5, 5.41) is 4.43. The Kier molecular flexibility index (Phi) is 4.25. The van der Waals surface area contributed by atoms with Gasteiger partial charge in [-0.2, -0.15) is 0 Å². The fraction of sp³-hybridized carbons (Fsp3) is 0.471. The van der Waals surface area contributed by atoms with E-state index in [9.17, 15) is 4.79 Å². The van der Waals surface area contributed by atoms with Gasteiger partial charge in [0.15, 0.2) is 0 Å². The van der Waals surface area contributed by atoms with Crippen molar-refractivity contribution in [1.29, 1.82) is 0 Å². The molecule has 0 bridgehead atoms. The Morgan fingerprint density at radius 2 is 2.24 bits per heavy atom. The molecule has 0 radical (unpaired) electrons. The van der Waals surface area contributed by atoms with Crippen LogP contribution in [0.1, 0.15) is 36.5 Å². The Bertz CT molecular complexity index is 613. The first-order valence-electron chi connectivity index (χ1n) is 7.89. The number of rotatable bonds is 4. The molecule has 1 aromatic carbocycles. The average molecular weight is 285 g/mol. The van der Waals surface area contributed by atoms with Crippen LogP contribution >= 0.6 is 0 Å². The summed E-state index contributed by atoms with van der Waals surface area (Å²) in [6.07, 6.45) is 5.09. The number of H-pyrrole nitrogens is 1. The smallest absolute Gasteiger partial charge is 0.256 e. The number of aromatic nitrogens is 1. The highest BCUT2D eigenvalue weighted by Crippen LogP contribution is 2.22. The van der Waals surface area contributed by atoms with Gasteiger partial charge in [0, 0.05) is 36.2 Å². The maximum Gasteiger partial charge on any atom is 0.256 e. The molecule has 1 aromatic heterocycles. The molecule has 0 aliphatic carbocycles. The predicted molar refractivity (Wildman–Crippen MR) is 85.5 cm³/mol. The molecule has 0 spiro atoms. The maximum absolute atomic E-state index is 13.0. The molecule has 3 rings (SSSR count). The van der Waals surface area contributed by atoms with Crippen LogP contribution in [0.25, 0.3) is 10.9 Å². The fourth-order valence-corrected chi connectivity index (χ4v) is 3.19. The van der Waals surface area contributed by atoms with E-state index in [1.807, 2.05) is 30.5 Å². The van der Waals surface area contributed by atoms with Crippen molar-refractivity contribution in [1.82, 2.24) is 15.2 Å². The van der Waals surface area contributed by atoms with E-state index in [0.29, 0.717) is 6.04 Å². The zero-order valence-corrected chi connectivity index (χ0v) is 12.6. The number of hydrogen-bond donors (Lipinski definition) is 2. The molecular weight excluding hydrogens is 262 g/mol. The van der Waals surface area contributed by atoms with Crippen molar-refractivity contribution in [3.05, 3.63) is 36.0 Å². The van der Waals surface area contributed by atoms with Crippen LogP contribution in [0.3, 0.4) is 0 Å². The van der Waals surface area contributed by atoms with Gasteiger partial charge in [-0.25, -0.2) is 0 Å². The summed E-state index contributed by atoms with van der Waals surface area (Å²) in [4.78, 5) is 18.3. The van der Waals surface area contributed by atoms with Crippen LogP contribution < -0.4 is 5.32 Å². The third-order valence-electron chi connectivity index (χ3n) is 4.26. The van der Waals surface area contributed by atoms with Crippen molar-refractivity contribution in [3.63, 3.8) is 0 Å². The topological polar surface area (TPSA) is 48.1 Å². The first-order valence-corrected chi connectivity index (χ1v) is 7.89. The van der Waals surface area contributed by atoms with Crippen molar-refractivity contribution >= 4 is 16.8 Å². The van der Waals surface area contributed by atoms with Gasteiger partial charge in [-0.05, 0) is 31.9 Å². The summed E-state index contributed by atoms with van der Waals surface area (Å²) in [7, 11) is 0. The van der Waals surface area contributed by atoms with Crippen LogP contribution in [0.2, 0.25) is 0 Å². The van der Waals surface area contributed by atoms with Gasteiger partial charge < -0.3 is 15.2 Å². The van der Waals surface area contributed by atoms with Crippen molar-refractivity contribution in [2.24, 2.45) is 0 Å². The van der Waals surface area contributed by atoms with E-state index < -0.39 is 0 Å². The Hall–Kier alpha value is -1.81. The lowest BCUT2D eigenvalue weighted by atomic mass is 10.0. The van der Waals surface area contributed by atoms with E-state index >= 15 is 0 Å². The number of aromatic amines is 1. The van der Waals surface area contributed by atoms with Crippen LogP contribution in [-0.2, 0) is 0 Å². The number of carbonyl (C=O) groups excluding carboxylic acids is 1. The Labute approximate surface area is 125 Å². The minimum absolute atomic E-state index is 0.156. The maximum atomic E-state index is 13.0. The van der Waals surface area contributed by atoms with Gasteiger partial charge in [0.25, 0.3) is 5.91 Å². The van der Waals surface area contributed by atoms with Gasteiger partial charge in [0.2, 0.25) is 0 Å². The lowest BCUT2D eigenvalue weighted by molar-refractivity contribution is 0.0651. The summed E-state index contributed by atoms with van der Waals surface area (Å²) in [5.41, 5.74) is 1.82. The second-order valence-electron chi connectivity index (χ2n) is 5.75. The summed E-state index contributed by atoms with van der Waals surface area (Å²) < 4.78 is 0. The minimum Gasteiger partial charge on any atom is -0.360 e. The molecule has 1 atom stereocenters. The predicted octanol–water partition coefficient (Wildman–Crippen LogP) is 2.77. The van der Waals surface area contributed by atoms with Gasteiger partial charge >= 0.3 is 0 Å². The molecule has 4 nitrogen and oxygen atoms in total. The van der Waals surface area contributed by atoms with E-state index in [1.165, 1.54) is 0 Å². The van der Waals surface area contributed by atoms with Crippen LogP contribution in [0, 0.1) is 0 Å². The van der Waals surface area contributed by atoms with Crippen LogP contribution in [0.15, 0.2) is 30.5 Å². The van der Waals surface area contributed by atoms with Crippen molar-refractivity contribution < 1.29 is 4.79 Å². The number of nitrogens with one attached hydrogen (secondary N) is 2. The van der Waals surface area contributed by atoms with Crippen molar-refractivity contribution in [2.75, 3.05) is 19.6 Å². The molecule has 1 fully saturated rings. The number of benzene rings is 1. The normalized spacial score (nSPS) is 18.8. The third kappa shape index (κ3) is 2.81. The van der Waals surface area contributed by atoms with Crippen LogP contribution in [-0.4, -0.2) is 41.5 Å². The van der Waals surface area contributed by atoms with Gasteiger partial charge in [-0.1, -0.05) is 25.1 Å². The SMILES string of the molecule is CCCN(C(=O)c1c[nH]c2ccccc12)C1CCCNC1. The van der Waals surface area contributed by atoms with Gasteiger partial charge in [0.1, 0.15) is 0 Å². The van der Waals surface area contributed by atoms with E-state index in [2.05, 4.69) is 22.1 Å². The molecule has 2 heterocycles. The van der Waals surface area contributed by atoms with Gasteiger partial charge in [0.05, 0.1) is 5.56 Å². The molecular formula is C17H23N3O. The second kappa shape index (κ2) is 6.31. The summed E-state index contributed by atoms with van der Waals surface area (Å²) in [6.45, 7) is 4.93. The number of amides is 1. The molecule has 1 saturated heterocycles. The van der Waals surface area contributed by atoms with Gasteiger partial charge in [-0.15, -0.1) is 0 Å². The van der Waals surface area contributed by atoms with Crippen LogP contribution in [0.4, 0.5) is 0 Å². The molecule has 1 unspecified atom stereocenters. The summed E-state index contributed by atoms with van der Waals surface area (Å²) in [5.74, 6) is 0.156. The molecule has 0 saturated carbocycles. The molecule has 1 aliphatic heterocycles. The molecule has 2 aromatic rings. The summed E-state index contributed by atoms with van der Waals surface area (Å²) >= 11 is 0. The molecule has 2 N–H and O–H groups in total. The zero-order chi connectivity index (χ0) is 14.7. The fourth-order valence-electron chi connectivity index (χ4n) is 3.19. The number of para-hydroxylation sites is 1. The number of carbonyl (C=O) groups is 1. The molecule has 1 aliphatic rings. The van der Waals surface area contributed by atoms with Crippen LogP contribution in [0.5, 0.6) is 0 Å². The zero-order valence-electron chi connectivity index (χ0n) is 12.6. The second-order valence-corrected chi connectivity index (χ2v) is 5.75. The Morgan fingerprint density at radius 1 is 1.38 bits per heavy atom. The largest absolute Gasteiger partial charge is 0.360 e. The molecule has 4 heteroatoms. The number of hydrogen-bond acceptors (Lipinski definition) is 2. The molecule has 1 amide bonds. The first kappa shape index (κ1) is 14.1. The van der Waals surface area contributed by atoms with E-state index in [1.54, 1.807) is 0 Å².